The summed E-state index contributed by atoms with van der Waals surface area (Å²) in [5.74, 6) is -0.0732. The lowest BCUT2D eigenvalue weighted by atomic mass is 10.0. The maximum absolute atomic E-state index is 13.4. The Morgan fingerprint density at radius 1 is 0.765 bits per heavy atom. The molecule has 3 aromatic rings. The minimum Gasteiger partial charge on any atom is -0.493 e. The summed E-state index contributed by atoms with van der Waals surface area (Å²) in [4.78, 5) is 14.5. The van der Waals surface area contributed by atoms with Crippen LogP contribution in [0, 0.1) is 0 Å². The molecule has 0 N–H and O–H groups in total. The highest BCUT2D eigenvalue weighted by molar-refractivity contribution is 6.06. The highest BCUT2D eigenvalue weighted by Gasteiger charge is 2.37. The van der Waals surface area contributed by atoms with Crippen molar-refractivity contribution in [1.29, 1.82) is 0 Å². The Hall–Kier alpha value is -3.69. The van der Waals surface area contributed by atoms with Crippen molar-refractivity contribution in [2.24, 2.45) is 0 Å². The van der Waals surface area contributed by atoms with Gasteiger partial charge < -0.3 is 14.4 Å². The molecular formula is C24H19F6NO3. The summed E-state index contributed by atoms with van der Waals surface area (Å²) in [5.41, 5.74) is -2.86. The van der Waals surface area contributed by atoms with Gasteiger partial charge in [-0.1, -0.05) is 18.2 Å². The molecule has 3 aromatic carbocycles. The van der Waals surface area contributed by atoms with E-state index in [9.17, 15) is 31.1 Å². The molecule has 0 aliphatic carbocycles. The summed E-state index contributed by atoms with van der Waals surface area (Å²) in [6.07, 6.45) is -10.00. The first kappa shape index (κ1) is 24.9. The second kappa shape index (κ2) is 9.66. The molecule has 0 radical (unpaired) electrons. The third kappa shape index (κ3) is 5.62. The van der Waals surface area contributed by atoms with Gasteiger partial charge in [0.1, 0.15) is 0 Å². The molecule has 34 heavy (non-hydrogen) atoms. The molecule has 3 rings (SSSR count). The Morgan fingerprint density at radius 3 is 1.82 bits per heavy atom. The van der Waals surface area contributed by atoms with Gasteiger partial charge in [0, 0.05) is 11.3 Å². The van der Waals surface area contributed by atoms with Gasteiger partial charge in [-0.2, -0.15) is 26.3 Å². The van der Waals surface area contributed by atoms with E-state index in [4.69, 9.17) is 9.47 Å². The van der Waals surface area contributed by atoms with Crippen molar-refractivity contribution in [2.75, 3.05) is 19.1 Å². The number of methoxy groups -OCH3 is 2. The topological polar surface area (TPSA) is 38.8 Å². The van der Waals surface area contributed by atoms with Crippen LogP contribution in [-0.2, 0) is 18.9 Å². The van der Waals surface area contributed by atoms with Crippen LogP contribution in [0.1, 0.15) is 27.0 Å². The van der Waals surface area contributed by atoms with E-state index in [0.29, 0.717) is 17.9 Å². The fourth-order valence-electron chi connectivity index (χ4n) is 3.31. The first-order valence-corrected chi connectivity index (χ1v) is 9.81. The van der Waals surface area contributed by atoms with Gasteiger partial charge in [-0.05, 0) is 54.1 Å². The number of para-hydroxylation sites is 1. The summed E-state index contributed by atoms with van der Waals surface area (Å²) in [7, 11) is 2.77. The van der Waals surface area contributed by atoms with Crippen molar-refractivity contribution >= 4 is 11.6 Å². The van der Waals surface area contributed by atoms with E-state index in [1.54, 1.807) is 18.2 Å². The van der Waals surface area contributed by atoms with Crippen LogP contribution >= 0.6 is 0 Å². The standard InChI is InChI=1S/C24H19F6NO3/c1-33-20-9-8-16(12-21(20)34-2)22(32)31(19-6-4-3-5-7-19)14-15-10-17(23(25,26)27)13-18(11-15)24(28,29)30/h3-13H,14H2,1-2H3. The number of anilines is 1. The van der Waals surface area contributed by atoms with Crippen LogP contribution in [0.4, 0.5) is 32.0 Å². The number of hydrogen-bond acceptors (Lipinski definition) is 3. The third-order valence-electron chi connectivity index (χ3n) is 4.93. The van der Waals surface area contributed by atoms with Crippen LogP contribution < -0.4 is 14.4 Å². The lowest BCUT2D eigenvalue weighted by Crippen LogP contribution is -2.30. The summed E-state index contributed by atoms with van der Waals surface area (Å²) in [6, 6.07) is 13.4. The van der Waals surface area contributed by atoms with Crippen LogP contribution in [-0.4, -0.2) is 20.1 Å². The van der Waals surface area contributed by atoms with Crippen LogP contribution in [0.25, 0.3) is 0 Å². The zero-order valence-corrected chi connectivity index (χ0v) is 18.0. The Labute approximate surface area is 191 Å². The second-order valence-electron chi connectivity index (χ2n) is 7.21. The van der Waals surface area contributed by atoms with Crippen molar-refractivity contribution in [3.8, 4) is 11.5 Å². The number of ether oxygens (including phenoxy) is 2. The van der Waals surface area contributed by atoms with Crippen molar-refractivity contribution in [1.82, 2.24) is 0 Å². The van der Waals surface area contributed by atoms with E-state index in [1.165, 1.54) is 44.6 Å². The summed E-state index contributed by atoms with van der Waals surface area (Å²) in [5, 5.41) is 0. The van der Waals surface area contributed by atoms with Crippen molar-refractivity contribution < 1.29 is 40.6 Å². The van der Waals surface area contributed by atoms with E-state index in [-0.39, 0.29) is 28.6 Å². The summed E-state index contributed by atoms with van der Waals surface area (Å²) in [6.45, 7) is -0.538. The number of nitrogens with zero attached hydrogens (tertiary/aromatic N) is 1. The number of carbonyl (C=O) groups excluding carboxylic acids is 1. The number of benzene rings is 3. The lowest BCUT2D eigenvalue weighted by molar-refractivity contribution is -0.143. The quantitative estimate of drug-likeness (QED) is 0.372. The van der Waals surface area contributed by atoms with E-state index in [2.05, 4.69) is 0 Å². The fourth-order valence-corrected chi connectivity index (χ4v) is 3.31. The molecule has 0 heterocycles. The van der Waals surface area contributed by atoms with Crippen molar-refractivity contribution in [3.63, 3.8) is 0 Å². The van der Waals surface area contributed by atoms with Crippen LogP contribution in [0.2, 0.25) is 0 Å². The highest BCUT2D eigenvalue weighted by Crippen LogP contribution is 2.37. The second-order valence-corrected chi connectivity index (χ2v) is 7.21. The average molecular weight is 483 g/mol. The first-order chi connectivity index (χ1) is 15.9. The highest BCUT2D eigenvalue weighted by atomic mass is 19.4. The smallest absolute Gasteiger partial charge is 0.416 e. The van der Waals surface area contributed by atoms with E-state index in [1.807, 2.05) is 0 Å². The number of rotatable bonds is 6. The minimum absolute atomic E-state index is 0.0481. The van der Waals surface area contributed by atoms with Crippen molar-refractivity contribution in [2.45, 2.75) is 18.9 Å². The van der Waals surface area contributed by atoms with Crippen LogP contribution in [0.15, 0.2) is 66.7 Å². The van der Waals surface area contributed by atoms with E-state index in [0.717, 1.165) is 4.90 Å². The summed E-state index contributed by atoms with van der Waals surface area (Å²) >= 11 is 0. The largest absolute Gasteiger partial charge is 0.493 e. The van der Waals surface area contributed by atoms with Gasteiger partial charge in [0.25, 0.3) is 5.91 Å². The fraction of sp³-hybridized carbons (Fsp3) is 0.208. The predicted molar refractivity (Wildman–Crippen MR) is 113 cm³/mol. The predicted octanol–water partition coefficient (Wildman–Crippen LogP) is 6.59. The SMILES string of the molecule is COc1ccc(C(=O)N(Cc2cc(C(F)(F)F)cc(C(F)(F)F)c2)c2ccccc2)cc1OC. The molecule has 0 fully saturated rings. The van der Waals surface area contributed by atoms with Gasteiger partial charge >= 0.3 is 12.4 Å². The maximum atomic E-state index is 13.4. The number of carbonyl (C=O) groups is 1. The Bertz CT molecular complexity index is 1130. The zero-order valence-electron chi connectivity index (χ0n) is 18.0. The molecule has 0 aliphatic rings. The number of alkyl halides is 6. The lowest BCUT2D eigenvalue weighted by Gasteiger charge is -2.24. The van der Waals surface area contributed by atoms with Crippen molar-refractivity contribution in [3.05, 3.63) is 89.0 Å². The van der Waals surface area contributed by atoms with Gasteiger partial charge in [-0.15, -0.1) is 0 Å². The molecule has 0 aromatic heterocycles. The van der Waals surface area contributed by atoms with E-state index >= 15 is 0 Å². The molecule has 10 heteroatoms. The Balaban J connectivity index is 2.09. The summed E-state index contributed by atoms with van der Waals surface area (Å²) < 4.78 is 90.1. The van der Waals surface area contributed by atoms with Crippen LogP contribution in [0.3, 0.4) is 0 Å². The van der Waals surface area contributed by atoms with Gasteiger partial charge in [-0.25, -0.2) is 0 Å². The molecule has 180 valence electrons. The molecular weight excluding hydrogens is 464 g/mol. The molecule has 0 spiro atoms. The van der Waals surface area contributed by atoms with Gasteiger partial charge in [-0.3, -0.25) is 4.79 Å². The van der Waals surface area contributed by atoms with E-state index < -0.39 is 35.9 Å². The normalized spacial score (nSPS) is 11.8. The molecule has 0 bridgehead atoms. The average Bonchev–Trinajstić information content (AvgIpc) is 2.81. The molecule has 1 amide bonds. The Morgan fingerprint density at radius 2 is 1.32 bits per heavy atom. The zero-order chi connectivity index (χ0) is 25.1. The molecule has 0 aliphatic heterocycles. The minimum atomic E-state index is -5.00. The third-order valence-corrected chi connectivity index (χ3v) is 4.93. The van der Waals surface area contributed by atoms with Crippen LogP contribution in [0.5, 0.6) is 11.5 Å². The molecule has 0 unspecified atom stereocenters. The number of hydrogen-bond donors (Lipinski definition) is 0. The molecule has 0 saturated heterocycles. The first-order valence-electron chi connectivity index (χ1n) is 9.81. The van der Waals surface area contributed by atoms with Gasteiger partial charge in [0.05, 0.1) is 31.9 Å². The van der Waals surface area contributed by atoms with Gasteiger partial charge in [0.2, 0.25) is 0 Å². The number of halogens is 6. The molecule has 0 atom stereocenters. The monoisotopic (exact) mass is 483 g/mol. The molecule has 0 saturated carbocycles. The number of amides is 1. The maximum Gasteiger partial charge on any atom is 0.416 e. The Kier molecular flexibility index (Phi) is 7.09. The molecule has 4 nitrogen and oxygen atoms in total. The van der Waals surface area contributed by atoms with Gasteiger partial charge in [0.15, 0.2) is 11.5 Å².